The zero-order chi connectivity index (χ0) is 29.4. The molecule has 2 aromatic heterocycles. The number of aryl methyl sites for hydroxylation is 1. The standard InChI is InChI=1S/C35H34N6O2/c1-39-33-27(14-24(16-30(33)43-2)35(42)41-19-23-12-13-28(41)31(23)37)38-34(39)29-15-21-7-5-9-26(25-8-4-3-6-22(25)17-36)32(21)40(29)18-20-10-11-20/h3-9,14-16,20,23,28,31H,10-13,18-19,37H2,1-2H3/t23?,28?,31-/m1/s1. The molecule has 8 rings (SSSR count). The molecule has 2 bridgehead atoms. The number of amides is 1. The second-order valence-electron chi connectivity index (χ2n) is 12.5. The van der Waals surface area contributed by atoms with Crippen molar-refractivity contribution < 1.29 is 9.53 Å². The molecule has 216 valence electrons. The van der Waals surface area contributed by atoms with E-state index in [-0.39, 0.29) is 18.0 Å². The highest BCUT2D eigenvalue weighted by atomic mass is 16.5. The lowest BCUT2D eigenvalue weighted by atomic mass is 9.98. The quantitative estimate of drug-likeness (QED) is 0.282. The van der Waals surface area contributed by atoms with Gasteiger partial charge in [0.15, 0.2) is 5.82 Å². The van der Waals surface area contributed by atoms with Crippen molar-refractivity contribution in [1.29, 1.82) is 5.26 Å². The van der Waals surface area contributed by atoms with Crippen LogP contribution in [0.25, 0.3) is 44.6 Å². The molecule has 2 N–H and O–H groups in total. The summed E-state index contributed by atoms with van der Waals surface area (Å²) >= 11 is 0. The van der Waals surface area contributed by atoms with Gasteiger partial charge in [0.1, 0.15) is 11.3 Å². The molecule has 2 aliphatic carbocycles. The number of nitrogens with zero attached hydrogens (tertiary/aromatic N) is 5. The fraction of sp³-hybridized carbons (Fsp3) is 0.343. The molecule has 2 unspecified atom stereocenters. The third-order valence-corrected chi connectivity index (χ3v) is 9.94. The lowest BCUT2D eigenvalue weighted by Crippen LogP contribution is -2.41. The molecule has 8 heteroatoms. The molecule has 3 aliphatic rings. The first kappa shape index (κ1) is 26.1. The number of rotatable bonds is 6. The number of nitriles is 1. The first-order valence-corrected chi connectivity index (χ1v) is 15.2. The number of ether oxygens (including phenoxy) is 1. The number of para-hydroxylation sites is 1. The highest BCUT2D eigenvalue weighted by Crippen LogP contribution is 2.42. The van der Waals surface area contributed by atoms with Crippen LogP contribution in [-0.4, -0.2) is 50.7 Å². The van der Waals surface area contributed by atoms with Crippen LogP contribution in [0.4, 0.5) is 0 Å². The average molecular weight is 571 g/mol. The Morgan fingerprint density at radius 1 is 1.05 bits per heavy atom. The minimum absolute atomic E-state index is 0.00120. The second kappa shape index (κ2) is 9.72. The molecular weight excluding hydrogens is 536 g/mol. The van der Waals surface area contributed by atoms with Gasteiger partial charge >= 0.3 is 0 Å². The van der Waals surface area contributed by atoms with Crippen molar-refractivity contribution in [2.24, 2.45) is 24.6 Å². The van der Waals surface area contributed by atoms with E-state index in [2.05, 4.69) is 39.5 Å². The van der Waals surface area contributed by atoms with Crippen molar-refractivity contribution in [2.75, 3.05) is 13.7 Å². The van der Waals surface area contributed by atoms with Gasteiger partial charge in [0.05, 0.1) is 35.5 Å². The molecule has 43 heavy (non-hydrogen) atoms. The predicted octanol–water partition coefficient (Wildman–Crippen LogP) is 5.71. The lowest BCUT2D eigenvalue weighted by Gasteiger charge is -2.27. The Bertz CT molecular complexity index is 1980. The number of hydrogen-bond donors (Lipinski definition) is 1. The van der Waals surface area contributed by atoms with E-state index in [1.165, 1.54) is 12.8 Å². The maximum Gasteiger partial charge on any atom is 0.254 e. The van der Waals surface area contributed by atoms with E-state index in [1.54, 1.807) is 7.11 Å². The monoisotopic (exact) mass is 570 g/mol. The number of hydrogen-bond acceptors (Lipinski definition) is 5. The topological polar surface area (TPSA) is 102 Å². The fourth-order valence-corrected chi connectivity index (χ4v) is 7.56. The molecule has 3 fully saturated rings. The van der Waals surface area contributed by atoms with Gasteiger partial charge in [0.2, 0.25) is 0 Å². The maximum atomic E-state index is 13.7. The van der Waals surface area contributed by atoms with Crippen molar-refractivity contribution in [3.05, 3.63) is 71.8 Å². The third-order valence-electron chi connectivity index (χ3n) is 9.94. The summed E-state index contributed by atoms with van der Waals surface area (Å²) < 4.78 is 10.3. The Hall–Kier alpha value is -4.61. The normalized spacial score (nSPS) is 21.2. The summed E-state index contributed by atoms with van der Waals surface area (Å²) in [6.07, 6.45) is 4.48. The first-order valence-electron chi connectivity index (χ1n) is 15.2. The minimum atomic E-state index is -0.00120. The first-order chi connectivity index (χ1) is 21.0. The Morgan fingerprint density at radius 2 is 1.86 bits per heavy atom. The Kier molecular flexibility index (Phi) is 5.89. The molecule has 3 aromatic carbocycles. The SMILES string of the molecule is COc1cc(C(=O)N2CC3CCC2[C@@H]3N)cc2nc(-c3cc4cccc(-c5ccccc5C#N)c4n3CC3CC3)n(C)c12. The molecule has 5 aromatic rings. The summed E-state index contributed by atoms with van der Waals surface area (Å²) in [6, 6.07) is 22.6. The van der Waals surface area contributed by atoms with Gasteiger partial charge in [0, 0.05) is 54.3 Å². The summed E-state index contributed by atoms with van der Waals surface area (Å²) in [5.74, 6) is 2.45. The van der Waals surface area contributed by atoms with Crippen LogP contribution in [-0.2, 0) is 13.6 Å². The Labute approximate surface area is 250 Å². The summed E-state index contributed by atoms with van der Waals surface area (Å²) in [5, 5.41) is 11.0. The minimum Gasteiger partial charge on any atom is -0.494 e. The summed E-state index contributed by atoms with van der Waals surface area (Å²) in [4.78, 5) is 20.8. The van der Waals surface area contributed by atoms with Gasteiger partial charge < -0.3 is 24.5 Å². The zero-order valence-electron chi connectivity index (χ0n) is 24.5. The molecule has 3 heterocycles. The molecule has 1 amide bonds. The largest absolute Gasteiger partial charge is 0.494 e. The number of carbonyl (C=O) groups is 1. The number of aromatic nitrogens is 3. The summed E-state index contributed by atoms with van der Waals surface area (Å²) in [5.41, 5.74) is 13.4. The van der Waals surface area contributed by atoms with Crippen molar-refractivity contribution in [2.45, 2.75) is 44.3 Å². The van der Waals surface area contributed by atoms with Gasteiger partial charge in [0.25, 0.3) is 5.91 Å². The van der Waals surface area contributed by atoms with E-state index in [9.17, 15) is 10.1 Å². The molecule has 3 atom stereocenters. The van der Waals surface area contributed by atoms with E-state index >= 15 is 0 Å². The van der Waals surface area contributed by atoms with Gasteiger partial charge in [-0.25, -0.2) is 4.98 Å². The van der Waals surface area contributed by atoms with Crippen LogP contribution in [0, 0.1) is 23.2 Å². The van der Waals surface area contributed by atoms with Crippen molar-refractivity contribution in [3.8, 4) is 34.5 Å². The van der Waals surface area contributed by atoms with Crippen molar-refractivity contribution >= 4 is 27.8 Å². The second-order valence-corrected chi connectivity index (χ2v) is 12.5. The number of piperidine rings is 1. The van der Waals surface area contributed by atoms with Crippen LogP contribution in [0.5, 0.6) is 5.75 Å². The smallest absolute Gasteiger partial charge is 0.254 e. The Morgan fingerprint density at radius 3 is 2.58 bits per heavy atom. The van der Waals surface area contributed by atoms with E-state index < -0.39 is 0 Å². The molecule has 8 nitrogen and oxygen atoms in total. The van der Waals surface area contributed by atoms with Crippen LogP contribution < -0.4 is 10.5 Å². The van der Waals surface area contributed by atoms with E-state index in [0.717, 1.165) is 70.5 Å². The fourth-order valence-electron chi connectivity index (χ4n) is 7.56. The van der Waals surface area contributed by atoms with Crippen LogP contribution >= 0.6 is 0 Å². The highest BCUT2D eigenvalue weighted by Gasteiger charge is 2.47. The number of benzene rings is 3. The van der Waals surface area contributed by atoms with Gasteiger partial charge in [-0.2, -0.15) is 5.26 Å². The molecule has 2 saturated carbocycles. The van der Waals surface area contributed by atoms with Gasteiger partial charge in [-0.1, -0.05) is 36.4 Å². The molecule has 0 radical (unpaired) electrons. The van der Waals surface area contributed by atoms with E-state index in [1.807, 2.05) is 48.3 Å². The lowest BCUT2D eigenvalue weighted by molar-refractivity contribution is 0.0700. The highest BCUT2D eigenvalue weighted by molar-refractivity contribution is 6.02. The number of likely N-dealkylation sites (tertiary alicyclic amines) is 1. The zero-order valence-corrected chi connectivity index (χ0v) is 24.5. The number of methoxy groups -OCH3 is 1. The number of imidazole rings is 1. The average Bonchev–Trinajstić information content (AvgIpc) is 3.42. The van der Waals surface area contributed by atoms with Crippen LogP contribution in [0.2, 0.25) is 0 Å². The van der Waals surface area contributed by atoms with E-state index in [4.69, 9.17) is 15.5 Å². The number of fused-ring (bicyclic) bond motifs is 4. The predicted molar refractivity (Wildman–Crippen MR) is 167 cm³/mol. The number of carbonyl (C=O) groups excluding carboxylic acids is 1. The van der Waals surface area contributed by atoms with E-state index in [0.29, 0.717) is 28.7 Å². The molecule has 1 aliphatic heterocycles. The summed E-state index contributed by atoms with van der Waals surface area (Å²) in [7, 11) is 3.66. The number of nitrogens with two attached hydrogens (primary N) is 1. The van der Waals surface area contributed by atoms with Gasteiger partial charge in [-0.15, -0.1) is 0 Å². The van der Waals surface area contributed by atoms with Gasteiger partial charge in [-0.05, 0) is 61.8 Å². The summed E-state index contributed by atoms with van der Waals surface area (Å²) in [6.45, 7) is 1.60. The van der Waals surface area contributed by atoms with Crippen LogP contribution in [0.1, 0.15) is 41.6 Å². The van der Waals surface area contributed by atoms with Crippen LogP contribution in [0.3, 0.4) is 0 Å². The van der Waals surface area contributed by atoms with Crippen LogP contribution in [0.15, 0.2) is 60.7 Å². The van der Waals surface area contributed by atoms with Crippen molar-refractivity contribution in [3.63, 3.8) is 0 Å². The molecule has 1 saturated heterocycles. The van der Waals surface area contributed by atoms with Gasteiger partial charge in [-0.3, -0.25) is 4.79 Å². The molecule has 0 spiro atoms. The molecular formula is C35H34N6O2. The van der Waals surface area contributed by atoms with Crippen molar-refractivity contribution in [1.82, 2.24) is 19.0 Å². The third kappa shape index (κ3) is 3.99. The Balaban J connectivity index is 1.29. The maximum absolute atomic E-state index is 13.7.